The minimum absolute atomic E-state index is 0.0204. The highest BCUT2D eigenvalue weighted by Gasteiger charge is 2.10. The minimum Gasteiger partial charge on any atom is -0.492 e. The van der Waals surface area contributed by atoms with Gasteiger partial charge < -0.3 is 15.4 Å². The van der Waals surface area contributed by atoms with E-state index in [1.807, 2.05) is 30.5 Å². The van der Waals surface area contributed by atoms with Crippen molar-refractivity contribution < 1.29 is 9.53 Å². The second kappa shape index (κ2) is 6.41. The molecule has 0 saturated heterocycles. The van der Waals surface area contributed by atoms with Crippen molar-refractivity contribution in [2.75, 3.05) is 18.5 Å². The first-order valence-corrected chi connectivity index (χ1v) is 7.05. The van der Waals surface area contributed by atoms with E-state index in [1.54, 1.807) is 10.9 Å². The summed E-state index contributed by atoms with van der Waals surface area (Å²) >= 11 is 0. The lowest BCUT2D eigenvalue weighted by Gasteiger charge is -2.10. The lowest BCUT2D eigenvalue weighted by molar-refractivity contribution is -0.116. The van der Waals surface area contributed by atoms with Crippen molar-refractivity contribution in [2.24, 2.45) is 0 Å². The number of nitrogens with one attached hydrogen (secondary N) is 2. The number of rotatable bonds is 4. The van der Waals surface area contributed by atoms with E-state index >= 15 is 0 Å². The van der Waals surface area contributed by atoms with Crippen molar-refractivity contribution in [3.63, 3.8) is 0 Å². The van der Waals surface area contributed by atoms with E-state index in [0.717, 1.165) is 30.1 Å². The topological polar surface area (TPSA) is 68.2 Å². The highest BCUT2D eigenvalue weighted by atomic mass is 16.5. The molecule has 2 aromatic rings. The van der Waals surface area contributed by atoms with Crippen LogP contribution in [0.25, 0.3) is 0 Å². The molecule has 0 saturated carbocycles. The molecule has 21 heavy (non-hydrogen) atoms. The smallest absolute Gasteiger partial charge is 0.226 e. The van der Waals surface area contributed by atoms with Gasteiger partial charge >= 0.3 is 0 Å². The summed E-state index contributed by atoms with van der Waals surface area (Å²) < 4.78 is 7.36. The molecule has 0 unspecified atom stereocenters. The van der Waals surface area contributed by atoms with Crippen LogP contribution < -0.4 is 15.4 Å². The molecule has 1 aromatic heterocycles. The van der Waals surface area contributed by atoms with Crippen LogP contribution in [-0.4, -0.2) is 28.8 Å². The van der Waals surface area contributed by atoms with Crippen LogP contribution in [0.3, 0.4) is 0 Å². The highest BCUT2D eigenvalue weighted by molar-refractivity contribution is 5.90. The summed E-state index contributed by atoms with van der Waals surface area (Å²) in [6.07, 6.45) is 3.95. The minimum atomic E-state index is -0.0204. The molecule has 0 fully saturated rings. The molecule has 110 valence electrons. The fourth-order valence-corrected chi connectivity index (χ4v) is 2.26. The number of aryl methyl sites for hydroxylation is 1. The van der Waals surface area contributed by atoms with Crippen molar-refractivity contribution in [3.8, 4) is 5.75 Å². The number of hydrogen-bond acceptors (Lipinski definition) is 4. The summed E-state index contributed by atoms with van der Waals surface area (Å²) in [6.45, 7) is 2.84. The molecule has 3 rings (SSSR count). The van der Waals surface area contributed by atoms with Gasteiger partial charge in [-0.25, -0.2) is 0 Å². The average molecular weight is 286 g/mol. The van der Waals surface area contributed by atoms with E-state index in [-0.39, 0.29) is 5.91 Å². The van der Waals surface area contributed by atoms with Gasteiger partial charge in [-0.15, -0.1) is 0 Å². The molecule has 1 aliphatic rings. The summed E-state index contributed by atoms with van der Waals surface area (Å²) in [5.74, 6) is 0.863. The van der Waals surface area contributed by atoms with Gasteiger partial charge in [0.2, 0.25) is 5.91 Å². The zero-order chi connectivity index (χ0) is 14.5. The van der Waals surface area contributed by atoms with E-state index in [0.29, 0.717) is 19.6 Å². The van der Waals surface area contributed by atoms with Crippen LogP contribution in [0, 0.1) is 0 Å². The first-order chi connectivity index (χ1) is 10.3. The third kappa shape index (κ3) is 3.61. The summed E-state index contributed by atoms with van der Waals surface area (Å²) in [5.41, 5.74) is 1.86. The van der Waals surface area contributed by atoms with Gasteiger partial charge in [-0.05, 0) is 24.3 Å². The Bertz CT molecular complexity index is 610. The maximum atomic E-state index is 11.9. The Kier molecular flexibility index (Phi) is 4.16. The van der Waals surface area contributed by atoms with Crippen molar-refractivity contribution in [3.05, 3.63) is 42.2 Å². The van der Waals surface area contributed by atoms with Crippen LogP contribution in [0.15, 0.2) is 36.7 Å². The summed E-state index contributed by atoms with van der Waals surface area (Å²) in [6, 6.07) is 7.58. The molecular formula is C15H18N4O2. The standard InChI is InChI=1S/C15H18N4O2/c20-15(4-8-19-7-1-5-17-19)18-13-2-3-14-12(10-13)11-16-6-9-21-14/h1-3,5,7,10,16H,4,6,8-9,11H2,(H,18,20). The van der Waals surface area contributed by atoms with Crippen LogP contribution in [0.4, 0.5) is 5.69 Å². The molecular weight excluding hydrogens is 268 g/mol. The number of ether oxygens (including phenoxy) is 1. The fraction of sp³-hybridized carbons (Fsp3) is 0.333. The number of benzene rings is 1. The van der Waals surface area contributed by atoms with Crippen LogP contribution in [0.1, 0.15) is 12.0 Å². The van der Waals surface area contributed by atoms with Gasteiger partial charge in [0.25, 0.3) is 0 Å². The fourth-order valence-electron chi connectivity index (χ4n) is 2.26. The maximum absolute atomic E-state index is 11.9. The molecule has 0 aliphatic carbocycles. The molecule has 0 spiro atoms. The Labute approximate surface area is 123 Å². The molecule has 1 amide bonds. The highest BCUT2D eigenvalue weighted by Crippen LogP contribution is 2.24. The Morgan fingerprint density at radius 1 is 1.48 bits per heavy atom. The van der Waals surface area contributed by atoms with Crippen molar-refractivity contribution in [1.29, 1.82) is 0 Å². The van der Waals surface area contributed by atoms with Crippen molar-refractivity contribution in [1.82, 2.24) is 15.1 Å². The number of carbonyl (C=O) groups is 1. The first-order valence-electron chi connectivity index (χ1n) is 7.05. The van der Waals surface area contributed by atoms with E-state index in [4.69, 9.17) is 4.74 Å². The van der Waals surface area contributed by atoms with E-state index in [9.17, 15) is 4.79 Å². The Morgan fingerprint density at radius 2 is 2.43 bits per heavy atom. The van der Waals surface area contributed by atoms with Gasteiger partial charge in [-0.3, -0.25) is 9.48 Å². The summed E-state index contributed by atoms with van der Waals surface area (Å²) in [4.78, 5) is 11.9. The van der Waals surface area contributed by atoms with E-state index in [1.165, 1.54) is 0 Å². The van der Waals surface area contributed by atoms with Crippen molar-refractivity contribution >= 4 is 11.6 Å². The predicted octanol–water partition coefficient (Wildman–Crippen LogP) is 1.39. The van der Waals surface area contributed by atoms with Gasteiger partial charge in [0, 0.05) is 49.7 Å². The SMILES string of the molecule is O=C(CCn1cccn1)Nc1ccc2c(c1)CNCCO2. The summed E-state index contributed by atoms with van der Waals surface area (Å²) in [5, 5.41) is 10.3. The number of carbonyl (C=O) groups excluding carboxylic acids is 1. The Balaban J connectivity index is 1.59. The molecule has 1 aliphatic heterocycles. The molecule has 0 bridgehead atoms. The largest absolute Gasteiger partial charge is 0.492 e. The van der Waals surface area contributed by atoms with E-state index < -0.39 is 0 Å². The molecule has 2 heterocycles. The lowest BCUT2D eigenvalue weighted by atomic mass is 10.1. The van der Waals surface area contributed by atoms with Gasteiger partial charge in [-0.2, -0.15) is 5.10 Å². The van der Waals surface area contributed by atoms with Gasteiger partial charge in [0.15, 0.2) is 0 Å². The molecule has 1 aromatic carbocycles. The molecule has 0 radical (unpaired) electrons. The number of hydrogen-bond donors (Lipinski definition) is 2. The monoisotopic (exact) mass is 286 g/mol. The van der Waals surface area contributed by atoms with Crippen LogP contribution in [-0.2, 0) is 17.9 Å². The molecule has 2 N–H and O–H groups in total. The predicted molar refractivity (Wildman–Crippen MR) is 79.1 cm³/mol. The van der Waals surface area contributed by atoms with Gasteiger partial charge in [-0.1, -0.05) is 0 Å². The second-order valence-electron chi connectivity index (χ2n) is 4.92. The number of amides is 1. The van der Waals surface area contributed by atoms with Crippen molar-refractivity contribution in [2.45, 2.75) is 19.5 Å². The van der Waals surface area contributed by atoms with Gasteiger partial charge in [0.05, 0.1) is 0 Å². The van der Waals surface area contributed by atoms with Gasteiger partial charge in [0.1, 0.15) is 12.4 Å². The lowest BCUT2D eigenvalue weighted by Crippen LogP contribution is -2.16. The normalized spacial score (nSPS) is 13.9. The Hall–Kier alpha value is -2.34. The number of fused-ring (bicyclic) bond motifs is 1. The molecule has 6 heteroatoms. The second-order valence-corrected chi connectivity index (χ2v) is 4.92. The number of nitrogens with zero attached hydrogens (tertiary/aromatic N) is 2. The Morgan fingerprint density at radius 3 is 3.29 bits per heavy atom. The number of aromatic nitrogens is 2. The third-order valence-corrected chi connectivity index (χ3v) is 3.32. The maximum Gasteiger partial charge on any atom is 0.226 e. The van der Waals surface area contributed by atoms with Crippen LogP contribution in [0.2, 0.25) is 0 Å². The third-order valence-electron chi connectivity index (χ3n) is 3.32. The first kappa shape index (κ1) is 13.6. The quantitative estimate of drug-likeness (QED) is 0.891. The molecule has 0 atom stereocenters. The number of anilines is 1. The average Bonchev–Trinajstić information content (AvgIpc) is 2.90. The zero-order valence-corrected chi connectivity index (χ0v) is 11.7. The van der Waals surface area contributed by atoms with Crippen LogP contribution in [0.5, 0.6) is 5.75 Å². The van der Waals surface area contributed by atoms with E-state index in [2.05, 4.69) is 15.7 Å². The summed E-state index contributed by atoms with van der Waals surface area (Å²) in [7, 11) is 0. The zero-order valence-electron chi connectivity index (χ0n) is 11.7. The molecule has 6 nitrogen and oxygen atoms in total. The van der Waals surface area contributed by atoms with Crippen LogP contribution >= 0.6 is 0 Å².